The Labute approximate surface area is 96.7 Å². The molecule has 1 aromatic heterocycles. The molecule has 2 N–H and O–H groups in total. The molecule has 0 aliphatic carbocycles. The van der Waals surface area contributed by atoms with Crippen molar-refractivity contribution in [1.82, 2.24) is 10.2 Å². The van der Waals surface area contributed by atoms with Crippen LogP contribution in [0.5, 0.6) is 0 Å². The maximum absolute atomic E-state index is 11.6. The van der Waals surface area contributed by atoms with E-state index in [1.165, 1.54) is 25.2 Å². The van der Waals surface area contributed by atoms with E-state index in [-0.39, 0.29) is 0 Å². The molecular weight excluding hydrogens is 230 g/mol. The highest BCUT2D eigenvalue weighted by Gasteiger charge is 2.36. The number of aliphatic carboxylic acids is 1. The van der Waals surface area contributed by atoms with Crippen molar-refractivity contribution in [1.29, 1.82) is 0 Å². The molecule has 7 heteroatoms. The number of anilines is 1. The van der Waals surface area contributed by atoms with Gasteiger partial charge in [-0.1, -0.05) is 18.3 Å². The average molecular weight is 243 g/mol. The second-order valence-corrected chi connectivity index (χ2v) is 4.80. The minimum atomic E-state index is -1.47. The van der Waals surface area contributed by atoms with Gasteiger partial charge in [-0.15, -0.1) is 10.2 Å². The van der Waals surface area contributed by atoms with Gasteiger partial charge in [0.05, 0.1) is 0 Å². The highest BCUT2D eigenvalue weighted by molar-refractivity contribution is 7.15. The molecule has 16 heavy (non-hydrogen) atoms. The zero-order chi connectivity index (χ0) is 12.3. The van der Waals surface area contributed by atoms with Gasteiger partial charge in [0, 0.05) is 0 Å². The van der Waals surface area contributed by atoms with Crippen LogP contribution in [-0.4, -0.2) is 27.2 Å². The summed E-state index contributed by atoms with van der Waals surface area (Å²) in [6, 6.07) is 0. The lowest BCUT2D eigenvalue weighted by Crippen LogP contribution is -2.37. The first-order valence-corrected chi connectivity index (χ1v) is 5.56. The summed E-state index contributed by atoms with van der Waals surface area (Å²) in [7, 11) is 0. The molecule has 0 spiro atoms. The van der Waals surface area contributed by atoms with Crippen molar-refractivity contribution in [3.63, 3.8) is 0 Å². The van der Waals surface area contributed by atoms with E-state index in [2.05, 4.69) is 15.5 Å². The normalized spacial score (nSPS) is 11.2. The molecule has 0 aliphatic rings. The standard InChI is InChI=1S/C9H13N3O3S/c1-4-5-11-12-8(16-5)10-6(13)9(2,3)7(14)15/h4H2,1-3H3,(H,14,15)(H,10,12,13). The molecule has 1 amide bonds. The summed E-state index contributed by atoms with van der Waals surface area (Å²) in [5.41, 5.74) is -1.47. The molecule has 1 rings (SSSR count). The van der Waals surface area contributed by atoms with E-state index >= 15 is 0 Å². The highest BCUT2D eigenvalue weighted by Crippen LogP contribution is 2.21. The van der Waals surface area contributed by atoms with Crippen molar-refractivity contribution >= 4 is 28.3 Å². The molecule has 0 bridgehead atoms. The molecule has 1 heterocycles. The molecule has 0 saturated heterocycles. The SMILES string of the molecule is CCc1nnc(NC(=O)C(C)(C)C(=O)O)s1. The predicted molar refractivity (Wildman–Crippen MR) is 59.3 cm³/mol. The van der Waals surface area contributed by atoms with Gasteiger partial charge in [0.15, 0.2) is 0 Å². The Kier molecular flexibility index (Phi) is 3.58. The van der Waals surface area contributed by atoms with Crippen LogP contribution in [0.2, 0.25) is 0 Å². The van der Waals surface area contributed by atoms with Gasteiger partial charge in [-0.25, -0.2) is 0 Å². The molecule has 88 valence electrons. The first-order chi connectivity index (χ1) is 7.37. The van der Waals surface area contributed by atoms with Gasteiger partial charge in [0.25, 0.3) is 0 Å². The minimum Gasteiger partial charge on any atom is -0.480 e. The smallest absolute Gasteiger partial charge is 0.318 e. The third kappa shape index (κ3) is 2.54. The molecule has 0 atom stereocenters. The number of hydrogen-bond acceptors (Lipinski definition) is 5. The van der Waals surface area contributed by atoms with Crippen LogP contribution in [0.25, 0.3) is 0 Å². The molecule has 0 aliphatic heterocycles. The maximum Gasteiger partial charge on any atom is 0.318 e. The van der Waals surface area contributed by atoms with Gasteiger partial charge < -0.3 is 5.11 Å². The van der Waals surface area contributed by atoms with Crippen molar-refractivity contribution in [3.05, 3.63) is 5.01 Å². The molecule has 0 aromatic carbocycles. The fourth-order valence-electron chi connectivity index (χ4n) is 0.797. The van der Waals surface area contributed by atoms with Crippen LogP contribution in [0.15, 0.2) is 0 Å². The summed E-state index contributed by atoms with van der Waals surface area (Å²) < 4.78 is 0. The zero-order valence-electron chi connectivity index (χ0n) is 9.27. The van der Waals surface area contributed by atoms with E-state index in [1.807, 2.05) is 6.92 Å². The molecule has 0 radical (unpaired) electrons. The van der Waals surface area contributed by atoms with Crippen molar-refractivity contribution in [2.24, 2.45) is 5.41 Å². The summed E-state index contributed by atoms with van der Waals surface area (Å²) >= 11 is 1.24. The second-order valence-electron chi connectivity index (χ2n) is 3.74. The van der Waals surface area contributed by atoms with Crippen molar-refractivity contribution in [3.8, 4) is 0 Å². The summed E-state index contributed by atoms with van der Waals surface area (Å²) in [5.74, 6) is -1.77. The van der Waals surface area contributed by atoms with E-state index in [1.54, 1.807) is 0 Å². The van der Waals surface area contributed by atoms with E-state index in [0.717, 1.165) is 11.4 Å². The Balaban J connectivity index is 2.75. The van der Waals surface area contributed by atoms with E-state index in [9.17, 15) is 9.59 Å². The van der Waals surface area contributed by atoms with Gasteiger partial charge in [-0.05, 0) is 20.3 Å². The van der Waals surface area contributed by atoms with Crippen LogP contribution < -0.4 is 5.32 Å². The first kappa shape index (κ1) is 12.6. The molecule has 0 unspecified atom stereocenters. The summed E-state index contributed by atoms with van der Waals surface area (Å²) in [4.78, 5) is 22.4. The number of nitrogens with one attached hydrogen (secondary N) is 1. The number of aromatic nitrogens is 2. The number of carbonyl (C=O) groups excluding carboxylic acids is 1. The Morgan fingerprint density at radius 3 is 2.50 bits per heavy atom. The van der Waals surface area contributed by atoms with Crippen molar-refractivity contribution < 1.29 is 14.7 Å². The van der Waals surface area contributed by atoms with Gasteiger partial charge in [-0.3, -0.25) is 14.9 Å². The lowest BCUT2D eigenvalue weighted by Gasteiger charge is -2.16. The summed E-state index contributed by atoms with van der Waals surface area (Å²) in [5, 5.41) is 20.0. The van der Waals surface area contributed by atoms with Gasteiger partial charge in [-0.2, -0.15) is 0 Å². The third-order valence-electron chi connectivity index (χ3n) is 2.09. The third-order valence-corrected chi connectivity index (χ3v) is 3.08. The fourth-order valence-corrected chi connectivity index (χ4v) is 1.47. The van der Waals surface area contributed by atoms with Crippen molar-refractivity contribution in [2.45, 2.75) is 27.2 Å². The quantitative estimate of drug-likeness (QED) is 0.774. The van der Waals surface area contributed by atoms with E-state index < -0.39 is 17.3 Å². The second kappa shape index (κ2) is 4.56. The number of amides is 1. The lowest BCUT2D eigenvalue weighted by molar-refractivity contribution is -0.151. The number of carboxylic acids is 1. The number of hydrogen-bond donors (Lipinski definition) is 2. The van der Waals surface area contributed by atoms with Crippen LogP contribution in [0, 0.1) is 5.41 Å². The Hall–Kier alpha value is -1.50. The van der Waals surface area contributed by atoms with Crippen LogP contribution >= 0.6 is 11.3 Å². The number of carbonyl (C=O) groups is 2. The van der Waals surface area contributed by atoms with Gasteiger partial charge >= 0.3 is 5.97 Å². The Morgan fingerprint density at radius 2 is 2.06 bits per heavy atom. The zero-order valence-corrected chi connectivity index (χ0v) is 10.1. The maximum atomic E-state index is 11.6. The lowest BCUT2D eigenvalue weighted by atomic mass is 9.93. The average Bonchev–Trinajstić information content (AvgIpc) is 2.65. The summed E-state index contributed by atoms with van der Waals surface area (Å²) in [6.07, 6.45) is 0.732. The van der Waals surface area contributed by atoms with Crippen LogP contribution in [0.1, 0.15) is 25.8 Å². The topological polar surface area (TPSA) is 92.2 Å². The largest absolute Gasteiger partial charge is 0.480 e. The first-order valence-electron chi connectivity index (χ1n) is 4.75. The summed E-state index contributed by atoms with van der Waals surface area (Å²) in [6.45, 7) is 4.60. The Morgan fingerprint density at radius 1 is 1.44 bits per heavy atom. The van der Waals surface area contributed by atoms with Gasteiger partial charge in [0.1, 0.15) is 10.4 Å². The molecular formula is C9H13N3O3S. The van der Waals surface area contributed by atoms with Crippen LogP contribution in [-0.2, 0) is 16.0 Å². The van der Waals surface area contributed by atoms with Crippen LogP contribution in [0.4, 0.5) is 5.13 Å². The monoisotopic (exact) mass is 243 g/mol. The molecule has 0 saturated carbocycles. The molecule has 1 aromatic rings. The Bertz CT molecular complexity index is 414. The van der Waals surface area contributed by atoms with Crippen LogP contribution in [0.3, 0.4) is 0 Å². The number of carboxylic acid groups (broad SMARTS) is 1. The van der Waals surface area contributed by atoms with E-state index in [4.69, 9.17) is 5.11 Å². The minimum absolute atomic E-state index is 0.330. The number of rotatable bonds is 4. The molecule has 0 fully saturated rings. The highest BCUT2D eigenvalue weighted by atomic mass is 32.1. The fraction of sp³-hybridized carbons (Fsp3) is 0.556. The van der Waals surface area contributed by atoms with Gasteiger partial charge in [0.2, 0.25) is 11.0 Å². The van der Waals surface area contributed by atoms with Crippen molar-refractivity contribution in [2.75, 3.05) is 5.32 Å². The molecule has 6 nitrogen and oxygen atoms in total. The van der Waals surface area contributed by atoms with E-state index in [0.29, 0.717) is 5.13 Å². The predicted octanol–water partition coefficient (Wildman–Crippen LogP) is 1.15. The number of nitrogens with zero attached hydrogens (tertiary/aromatic N) is 2. The number of aryl methyl sites for hydroxylation is 1.